The summed E-state index contributed by atoms with van der Waals surface area (Å²) in [5.74, 6) is 0.577. The van der Waals surface area contributed by atoms with E-state index in [4.69, 9.17) is 4.74 Å². The molecule has 2 N–H and O–H groups in total. The Morgan fingerprint density at radius 3 is 2.30 bits per heavy atom. The average molecular weight is 376 g/mol. The second kappa shape index (κ2) is 9.15. The number of carbonyl (C=O) groups is 1. The minimum Gasteiger partial charge on any atom is -0.389 e. The molecule has 0 bridgehead atoms. The smallest absolute Gasteiger partial charge is 0.234 e. The third-order valence-electron chi connectivity index (χ3n) is 5.75. The summed E-state index contributed by atoms with van der Waals surface area (Å²) in [5.41, 5.74) is 2.45. The number of nitrogens with one attached hydrogen (secondary N) is 1. The lowest BCUT2D eigenvalue weighted by Gasteiger charge is -2.38. The summed E-state index contributed by atoms with van der Waals surface area (Å²) in [4.78, 5) is 16.9. The van der Waals surface area contributed by atoms with Gasteiger partial charge in [0.25, 0.3) is 0 Å². The molecule has 0 aliphatic carbocycles. The molecule has 0 radical (unpaired) electrons. The molecule has 0 aromatic heterocycles. The number of rotatable bonds is 6. The molecule has 150 valence electrons. The van der Waals surface area contributed by atoms with Crippen LogP contribution in [0.3, 0.4) is 0 Å². The number of piperazine rings is 1. The zero-order valence-electron chi connectivity index (χ0n) is 16.7. The topological polar surface area (TPSA) is 65.0 Å². The van der Waals surface area contributed by atoms with Crippen LogP contribution in [-0.4, -0.2) is 78.9 Å². The van der Waals surface area contributed by atoms with Gasteiger partial charge in [-0.05, 0) is 24.0 Å². The summed E-state index contributed by atoms with van der Waals surface area (Å²) in [5, 5.41) is 13.1. The van der Waals surface area contributed by atoms with Crippen molar-refractivity contribution in [3.8, 4) is 0 Å². The molecule has 0 spiro atoms. The highest BCUT2D eigenvalue weighted by molar-refractivity contribution is 5.78. The molecule has 2 fully saturated rings. The van der Waals surface area contributed by atoms with Gasteiger partial charge >= 0.3 is 0 Å². The molecule has 1 aromatic carbocycles. The van der Waals surface area contributed by atoms with Crippen molar-refractivity contribution >= 4 is 5.91 Å². The highest BCUT2D eigenvalue weighted by Crippen LogP contribution is 2.19. The van der Waals surface area contributed by atoms with E-state index >= 15 is 0 Å². The van der Waals surface area contributed by atoms with Crippen LogP contribution in [0.15, 0.2) is 24.3 Å². The number of nitrogens with zero attached hydrogens (tertiary/aromatic N) is 2. The monoisotopic (exact) mass is 375 g/mol. The first-order valence-corrected chi connectivity index (χ1v) is 10.1. The van der Waals surface area contributed by atoms with Crippen molar-refractivity contribution in [2.75, 3.05) is 45.9 Å². The number of carbonyl (C=O) groups excluding carboxylic acids is 1. The lowest BCUT2D eigenvalue weighted by Crippen LogP contribution is -2.54. The highest BCUT2D eigenvalue weighted by Gasteiger charge is 2.33. The van der Waals surface area contributed by atoms with Crippen molar-refractivity contribution in [1.82, 2.24) is 15.1 Å². The molecular weight excluding hydrogens is 342 g/mol. The number of hydrogen-bond acceptors (Lipinski definition) is 5. The van der Waals surface area contributed by atoms with Crippen molar-refractivity contribution in [2.45, 2.75) is 44.9 Å². The summed E-state index contributed by atoms with van der Waals surface area (Å²) in [6.45, 7) is 11.3. The maximum atomic E-state index is 12.4. The lowest BCUT2D eigenvalue weighted by atomic mass is 9.99. The molecule has 1 aromatic rings. The minimum atomic E-state index is -0.386. The summed E-state index contributed by atoms with van der Waals surface area (Å²) in [6.07, 6.45) is -0.386. The fourth-order valence-electron chi connectivity index (χ4n) is 3.88. The van der Waals surface area contributed by atoms with Gasteiger partial charge in [0.1, 0.15) is 0 Å². The molecule has 1 amide bonds. The van der Waals surface area contributed by atoms with Gasteiger partial charge < -0.3 is 15.2 Å². The van der Waals surface area contributed by atoms with Crippen molar-refractivity contribution in [1.29, 1.82) is 0 Å². The van der Waals surface area contributed by atoms with E-state index in [0.717, 1.165) is 31.7 Å². The summed E-state index contributed by atoms with van der Waals surface area (Å²) < 4.78 is 5.35. The van der Waals surface area contributed by atoms with E-state index < -0.39 is 0 Å². The Kier molecular flexibility index (Phi) is 6.87. The molecule has 2 heterocycles. The second-order valence-corrected chi connectivity index (χ2v) is 8.09. The molecule has 3 rings (SSSR count). The maximum Gasteiger partial charge on any atom is 0.234 e. The van der Waals surface area contributed by atoms with Crippen molar-refractivity contribution in [3.63, 3.8) is 0 Å². The van der Waals surface area contributed by atoms with Gasteiger partial charge in [-0.1, -0.05) is 38.1 Å². The molecule has 1 unspecified atom stereocenters. The number of aliphatic hydroxyl groups excluding tert-OH is 1. The largest absolute Gasteiger partial charge is 0.389 e. The van der Waals surface area contributed by atoms with Gasteiger partial charge in [-0.3, -0.25) is 14.6 Å². The van der Waals surface area contributed by atoms with Gasteiger partial charge in [0, 0.05) is 26.2 Å². The molecule has 6 nitrogen and oxygen atoms in total. The Hall–Kier alpha value is -1.47. The van der Waals surface area contributed by atoms with Crippen molar-refractivity contribution < 1.29 is 14.6 Å². The van der Waals surface area contributed by atoms with Gasteiger partial charge in [0.05, 0.1) is 37.9 Å². The third kappa shape index (κ3) is 5.29. The van der Waals surface area contributed by atoms with Gasteiger partial charge in [0.15, 0.2) is 0 Å². The lowest BCUT2D eigenvalue weighted by molar-refractivity contribution is -0.123. The predicted octanol–water partition coefficient (Wildman–Crippen LogP) is 1.36. The number of amides is 1. The summed E-state index contributed by atoms with van der Waals surface area (Å²) in [7, 11) is 0. The van der Waals surface area contributed by atoms with Crippen LogP contribution in [0.5, 0.6) is 0 Å². The number of benzene rings is 1. The maximum absolute atomic E-state index is 12.4. The van der Waals surface area contributed by atoms with E-state index in [1.54, 1.807) is 0 Å². The van der Waals surface area contributed by atoms with E-state index in [1.165, 1.54) is 5.56 Å². The highest BCUT2D eigenvalue weighted by atomic mass is 16.5. The Balaban J connectivity index is 1.43. The van der Waals surface area contributed by atoms with Crippen molar-refractivity contribution in [2.24, 2.45) is 0 Å². The number of aliphatic hydroxyl groups is 1. The summed E-state index contributed by atoms with van der Waals surface area (Å²) in [6, 6.07) is 8.61. The van der Waals surface area contributed by atoms with Crippen LogP contribution < -0.4 is 5.32 Å². The van der Waals surface area contributed by atoms with E-state index in [1.807, 2.05) is 6.92 Å². The first kappa shape index (κ1) is 20.3. The van der Waals surface area contributed by atoms with Crippen LogP contribution in [0.1, 0.15) is 43.9 Å². The molecule has 2 aliphatic heterocycles. The van der Waals surface area contributed by atoms with Crippen molar-refractivity contribution in [3.05, 3.63) is 35.4 Å². The normalized spacial score (nSPS) is 25.7. The molecule has 2 aliphatic rings. The zero-order chi connectivity index (χ0) is 19.4. The predicted molar refractivity (Wildman–Crippen MR) is 106 cm³/mol. The number of ether oxygens (including phenoxy) is 1. The van der Waals surface area contributed by atoms with Gasteiger partial charge in [0.2, 0.25) is 5.91 Å². The molecular formula is C21H33N3O3. The summed E-state index contributed by atoms with van der Waals surface area (Å²) >= 11 is 0. The van der Waals surface area contributed by atoms with E-state index in [9.17, 15) is 9.90 Å². The fourth-order valence-corrected chi connectivity index (χ4v) is 3.88. The number of hydrogen-bond donors (Lipinski definition) is 2. The van der Waals surface area contributed by atoms with Gasteiger partial charge in [-0.2, -0.15) is 0 Å². The average Bonchev–Trinajstić information content (AvgIpc) is 3.08. The van der Waals surface area contributed by atoms with Crippen LogP contribution in [0.25, 0.3) is 0 Å². The minimum absolute atomic E-state index is 0.00536. The van der Waals surface area contributed by atoms with Crippen LogP contribution in [0.2, 0.25) is 0 Å². The first-order chi connectivity index (χ1) is 12.9. The molecule has 0 saturated carbocycles. The third-order valence-corrected chi connectivity index (χ3v) is 5.75. The van der Waals surface area contributed by atoms with Crippen LogP contribution >= 0.6 is 0 Å². The standard InChI is InChI=1S/C21H33N3O3/c1-15(2)17-4-6-18(7-5-17)16(3)22-21(26)12-23-8-10-24(11-9-23)19-13-27-14-20(19)25/h4-7,15-16,19-20,25H,8-14H2,1-3H3,(H,22,26)/t16?,19-,20-/m1/s1. The SMILES string of the molecule is CC(C)c1ccc(C(C)NC(=O)CN2CCN([C@@H]3COC[C@H]3O)CC2)cc1. The Labute approximate surface area is 162 Å². The van der Waals surface area contributed by atoms with Crippen LogP contribution in [-0.2, 0) is 9.53 Å². The van der Waals surface area contributed by atoms with Crippen LogP contribution in [0, 0.1) is 0 Å². The Bertz CT molecular complexity index is 612. The second-order valence-electron chi connectivity index (χ2n) is 8.09. The van der Waals surface area contributed by atoms with E-state index in [-0.39, 0.29) is 24.1 Å². The Morgan fingerprint density at radius 2 is 1.74 bits per heavy atom. The Morgan fingerprint density at radius 1 is 1.11 bits per heavy atom. The van der Waals surface area contributed by atoms with E-state index in [0.29, 0.717) is 25.7 Å². The molecule has 3 atom stereocenters. The molecule has 2 saturated heterocycles. The first-order valence-electron chi connectivity index (χ1n) is 10.1. The van der Waals surface area contributed by atoms with Gasteiger partial charge in [-0.15, -0.1) is 0 Å². The fraction of sp³-hybridized carbons (Fsp3) is 0.667. The molecule has 27 heavy (non-hydrogen) atoms. The molecule has 6 heteroatoms. The zero-order valence-corrected chi connectivity index (χ0v) is 16.7. The van der Waals surface area contributed by atoms with Gasteiger partial charge in [-0.25, -0.2) is 0 Å². The quantitative estimate of drug-likeness (QED) is 0.786. The van der Waals surface area contributed by atoms with Crippen LogP contribution in [0.4, 0.5) is 0 Å². The van der Waals surface area contributed by atoms with E-state index in [2.05, 4.69) is 53.2 Å².